The van der Waals surface area contributed by atoms with Crippen LogP contribution in [0.25, 0.3) is 0 Å². The molecule has 0 aliphatic heterocycles. The summed E-state index contributed by atoms with van der Waals surface area (Å²) in [5.74, 6) is 7.86. The fourth-order valence-corrected chi connectivity index (χ4v) is 2.76. The average Bonchev–Trinajstić information content (AvgIpc) is 2.82. The lowest BCUT2D eigenvalue weighted by Gasteiger charge is -2.16. The summed E-state index contributed by atoms with van der Waals surface area (Å²) in [4.78, 5) is 10.2. The number of hydrogen-bond acceptors (Lipinski definition) is 6. The van der Waals surface area contributed by atoms with Gasteiger partial charge in [-0.15, -0.1) is 0 Å². The minimum Gasteiger partial charge on any atom is -0.487 e. The Morgan fingerprint density at radius 1 is 0.806 bits per heavy atom. The highest BCUT2D eigenvalue weighted by atomic mass is 16.9. The predicted octanol–water partition coefficient (Wildman–Crippen LogP) is 3.86. The molecule has 3 aromatic rings. The highest BCUT2D eigenvalue weighted by Crippen LogP contribution is 2.34. The standard InChI is InChI=1S/C25H26N2O4/c1-26-15-9-14-23-24(29-18-20-10-5-3-6-11-20)16-22(31-27-28-2)17-25(23)30-19-21-12-7-4-8-13-21/h3-8,10-13,16-17,26-27H,15,18-19H2,1-2H3. The van der Waals surface area contributed by atoms with Gasteiger partial charge in [-0.1, -0.05) is 72.5 Å². The van der Waals surface area contributed by atoms with Gasteiger partial charge in [0.15, 0.2) is 5.75 Å². The number of rotatable bonds is 10. The van der Waals surface area contributed by atoms with Gasteiger partial charge in [0.25, 0.3) is 0 Å². The minimum atomic E-state index is 0.390. The molecule has 0 saturated heterocycles. The normalized spacial score (nSPS) is 10.1. The summed E-state index contributed by atoms with van der Waals surface area (Å²) in [5.41, 5.74) is 5.13. The van der Waals surface area contributed by atoms with Crippen LogP contribution in [-0.2, 0) is 18.1 Å². The monoisotopic (exact) mass is 418 g/mol. The van der Waals surface area contributed by atoms with Crippen molar-refractivity contribution < 1.29 is 19.1 Å². The topological polar surface area (TPSA) is 61.0 Å². The van der Waals surface area contributed by atoms with Crippen molar-refractivity contribution >= 4 is 0 Å². The van der Waals surface area contributed by atoms with Gasteiger partial charge in [-0.25, -0.2) is 0 Å². The molecule has 31 heavy (non-hydrogen) atoms. The van der Waals surface area contributed by atoms with Gasteiger partial charge in [0.2, 0.25) is 0 Å². The molecule has 3 rings (SSSR count). The zero-order chi connectivity index (χ0) is 21.7. The van der Waals surface area contributed by atoms with Gasteiger partial charge < -0.3 is 19.6 Å². The van der Waals surface area contributed by atoms with Gasteiger partial charge in [0.1, 0.15) is 30.3 Å². The van der Waals surface area contributed by atoms with Crippen molar-refractivity contribution in [1.82, 2.24) is 11.0 Å². The van der Waals surface area contributed by atoms with Gasteiger partial charge in [-0.05, 0) is 23.8 Å². The molecule has 0 radical (unpaired) electrons. The van der Waals surface area contributed by atoms with Crippen molar-refractivity contribution in [2.75, 3.05) is 20.7 Å². The van der Waals surface area contributed by atoms with Crippen LogP contribution in [0.15, 0.2) is 72.8 Å². The number of hydrogen-bond donors (Lipinski definition) is 2. The number of benzene rings is 3. The van der Waals surface area contributed by atoms with E-state index in [1.54, 1.807) is 12.1 Å². The van der Waals surface area contributed by atoms with Crippen molar-refractivity contribution in [3.8, 4) is 29.1 Å². The molecular weight excluding hydrogens is 392 g/mol. The Bertz CT molecular complexity index is 934. The lowest BCUT2D eigenvalue weighted by molar-refractivity contribution is -0.0798. The first-order chi connectivity index (χ1) is 15.3. The van der Waals surface area contributed by atoms with E-state index in [0.717, 1.165) is 11.1 Å². The van der Waals surface area contributed by atoms with Crippen LogP contribution < -0.4 is 25.3 Å². The fraction of sp³-hybridized carbons (Fsp3) is 0.200. The third kappa shape index (κ3) is 7.05. The molecule has 0 aliphatic rings. The number of ether oxygens (including phenoxy) is 2. The Kier molecular flexibility index (Phi) is 8.77. The van der Waals surface area contributed by atoms with Crippen molar-refractivity contribution in [2.24, 2.45) is 0 Å². The molecule has 160 valence electrons. The van der Waals surface area contributed by atoms with E-state index in [1.807, 2.05) is 67.7 Å². The third-order valence-corrected chi connectivity index (χ3v) is 4.24. The molecular formula is C25H26N2O4. The molecule has 2 N–H and O–H groups in total. The average molecular weight is 418 g/mol. The smallest absolute Gasteiger partial charge is 0.157 e. The first-order valence-electron chi connectivity index (χ1n) is 9.90. The molecule has 0 aliphatic carbocycles. The second-order valence-corrected chi connectivity index (χ2v) is 6.56. The first-order valence-corrected chi connectivity index (χ1v) is 9.90. The Morgan fingerprint density at radius 2 is 1.35 bits per heavy atom. The SMILES string of the molecule is CNCC#Cc1c(OCc2ccccc2)cc(ONOC)cc1OCc1ccccc1. The molecule has 0 heterocycles. The van der Waals surface area contributed by atoms with Crippen molar-refractivity contribution in [3.63, 3.8) is 0 Å². The molecule has 0 spiro atoms. The van der Waals surface area contributed by atoms with Gasteiger partial charge in [0.05, 0.1) is 13.7 Å². The summed E-state index contributed by atoms with van der Waals surface area (Å²) in [7, 11) is 3.32. The highest BCUT2D eigenvalue weighted by Gasteiger charge is 2.14. The van der Waals surface area contributed by atoms with E-state index >= 15 is 0 Å². The molecule has 0 aromatic heterocycles. The van der Waals surface area contributed by atoms with Crippen LogP contribution in [0.3, 0.4) is 0 Å². The summed E-state index contributed by atoms with van der Waals surface area (Å²) in [6.45, 7) is 1.32. The van der Waals surface area contributed by atoms with E-state index < -0.39 is 0 Å². The molecule has 3 aromatic carbocycles. The first kappa shape index (κ1) is 22.2. The van der Waals surface area contributed by atoms with Crippen LogP contribution >= 0.6 is 0 Å². The summed E-state index contributed by atoms with van der Waals surface area (Å²) in [6.07, 6.45) is 0. The van der Waals surface area contributed by atoms with Crippen LogP contribution in [-0.4, -0.2) is 20.7 Å². The van der Waals surface area contributed by atoms with Crippen LogP contribution in [0.2, 0.25) is 0 Å². The van der Waals surface area contributed by atoms with Crippen LogP contribution in [0, 0.1) is 11.8 Å². The molecule has 0 atom stereocenters. The molecule has 6 heteroatoms. The van der Waals surface area contributed by atoms with E-state index in [4.69, 9.17) is 19.1 Å². The molecule has 0 unspecified atom stereocenters. The minimum absolute atomic E-state index is 0.390. The van der Waals surface area contributed by atoms with E-state index in [0.29, 0.717) is 42.6 Å². The van der Waals surface area contributed by atoms with Crippen LogP contribution in [0.4, 0.5) is 0 Å². The second-order valence-electron chi connectivity index (χ2n) is 6.56. The zero-order valence-electron chi connectivity index (χ0n) is 17.7. The summed E-state index contributed by atoms with van der Waals surface area (Å²) >= 11 is 0. The van der Waals surface area contributed by atoms with Gasteiger partial charge in [0, 0.05) is 12.1 Å². The lowest BCUT2D eigenvalue weighted by Crippen LogP contribution is -2.16. The summed E-state index contributed by atoms with van der Waals surface area (Å²) in [5, 5.41) is 3.03. The van der Waals surface area contributed by atoms with Gasteiger partial charge >= 0.3 is 0 Å². The third-order valence-electron chi connectivity index (χ3n) is 4.24. The van der Waals surface area contributed by atoms with Crippen LogP contribution in [0.1, 0.15) is 16.7 Å². The molecule has 0 amide bonds. The summed E-state index contributed by atoms with van der Waals surface area (Å²) < 4.78 is 12.2. The predicted molar refractivity (Wildman–Crippen MR) is 120 cm³/mol. The molecule has 0 bridgehead atoms. The van der Waals surface area contributed by atoms with Crippen molar-refractivity contribution in [3.05, 3.63) is 89.5 Å². The van der Waals surface area contributed by atoms with E-state index in [1.165, 1.54) is 7.11 Å². The maximum Gasteiger partial charge on any atom is 0.157 e. The van der Waals surface area contributed by atoms with E-state index in [9.17, 15) is 0 Å². The highest BCUT2D eigenvalue weighted by molar-refractivity contribution is 5.59. The fourth-order valence-electron chi connectivity index (χ4n) is 2.76. The Balaban J connectivity index is 1.92. The number of nitrogens with one attached hydrogen (secondary N) is 2. The van der Waals surface area contributed by atoms with Gasteiger partial charge in [-0.2, -0.15) is 0 Å². The van der Waals surface area contributed by atoms with Crippen molar-refractivity contribution in [1.29, 1.82) is 0 Å². The Labute approximate surface area is 183 Å². The molecule has 0 fully saturated rings. The summed E-state index contributed by atoms with van der Waals surface area (Å²) in [6, 6.07) is 23.4. The van der Waals surface area contributed by atoms with E-state index in [-0.39, 0.29) is 0 Å². The lowest BCUT2D eigenvalue weighted by atomic mass is 10.1. The molecule has 0 saturated carbocycles. The largest absolute Gasteiger partial charge is 0.487 e. The van der Waals surface area contributed by atoms with Gasteiger partial charge in [-0.3, -0.25) is 4.84 Å². The quantitative estimate of drug-likeness (QED) is 0.385. The second kappa shape index (κ2) is 12.3. The maximum atomic E-state index is 6.12. The van der Waals surface area contributed by atoms with E-state index in [2.05, 4.69) is 22.8 Å². The van der Waals surface area contributed by atoms with Crippen molar-refractivity contribution in [2.45, 2.75) is 13.2 Å². The Hall–Kier alpha value is -3.50. The molecule has 6 nitrogen and oxygen atoms in total. The zero-order valence-corrected chi connectivity index (χ0v) is 17.7. The maximum absolute atomic E-state index is 6.12. The van der Waals surface area contributed by atoms with Crippen LogP contribution in [0.5, 0.6) is 17.2 Å². The Morgan fingerprint density at radius 3 is 1.84 bits per heavy atom.